The smallest absolute Gasteiger partial charge is 0.257 e. The Hall–Kier alpha value is -4.90. The molecule has 3 amide bonds. The van der Waals surface area contributed by atoms with Crippen LogP contribution in [-0.4, -0.2) is 83.1 Å². The molecule has 3 aliphatic rings. The van der Waals surface area contributed by atoms with E-state index in [0.717, 1.165) is 22.2 Å². The van der Waals surface area contributed by atoms with E-state index in [0.29, 0.717) is 42.2 Å². The molecule has 0 spiro atoms. The molecule has 45 heavy (non-hydrogen) atoms. The second-order valence-electron chi connectivity index (χ2n) is 11.6. The number of amides is 3. The van der Waals surface area contributed by atoms with Crippen LogP contribution < -0.4 is 14.8 Å². The van der Waals surface area contributed by atoms with E-state index in [1.807, 2.05) is 67.7 Å². The highest BCUT2D eigenvalue weighted by Crippen LogP contribution is 2.33. The third-order valence-electron chi connectivity index (χ3n) is 8.42. The van der Waals surface area contributed by atoms with Gasteiger partial charge in [-0.2, -0.15) is 5.10 Å². The van der Waals surface area contributed by atoms with Gasteiger partial charge in [-0.3, -0.25) is 14.4 Å². The van der Waals surface area contributed by atoms with Crippen LogP contribution in [0.15, 0.2) is 67.0 Å². The average molecular weight is 612 g/mol. The predicted molar refractivity (Wildman–Crippen MR) is 166 cm³/mol. The Morgan fingerprint density at radius 3 is 2.78 bits per heavy atom. The van der Waals surface area contributed by atoms with Crippen LogP contribution in [0, 0.1) is 6.92 Å². The maximum Gasteiger partial charge on any atom is 0.257 e. The van der Waals surface area contributed by atoms with Crippen LogP contribution in [0.4, 0.5) is 0 Å². The molecular formula is C34H37N5O6. The number of carbonyl (C=O) groups excluding carboxylic acids is 3. The van der Waals surface area contributed by atoms with Crippen LogP contribution in [-0.2, 0) is 27.4 Å². The second kappa shape index (κ2) is 13.0. The van der Waals surface area contributed by atoms with Crippen molar-refractivity contribution in [1.29, 1.82) is 0 Å². The van der Waals surface area contributed by atoms with Crippen LogP contribution in [0.5, 0.6) is 17.2 Å². The number of nitrogens with one attached hydrogen (secondary N) is 1. The van der Waals surface area contributed by atoms with Crippen molar-refractivity contribution in [3.05, 3.63) is 89.2 Å². The Labute approximate surface area is 261 Å². The maximum absolute atomic E-state index is 13.8. The molecule has 11 nitrogen and oxygen atoms in total. The zero-order chi connectivity index (χ0) is 31.5. The van der Waals surface area contributed by atoms with E-state index in [2.05, 4.69) is 10.4 Å². The fourth-order valence-corrected chi connectivity index (χ4v) is 5.96. The molecular weight excluding hydrogens is 574 g/mol. The van der Waals surface area contributed by atoms with Gasteiger partial charge >= 0.3 is 0 Å². The number of aryl methyl sites for hydroxylation is 2. The number of pyridine rings is 1. The lowest BCUT2D eigenvalue weighted by Crippen LogP contribution is -2.57. The standard InChI is InChI=1S/C34H37N5O6/c1-22-6-5-14-39-33(22)26(18-35-39)34(42)38-15-13-27-30(19-38)44-21-24-7-4-8-25(16-24)45-28-11-9-23(17-29(28)43-3)10-12-32(41)37(2)20-31(40)36-27/h4-9,11,14,16-18,27,30H,10,12-13,15,19-21H2,1-3H3,(H,36,40)/t27-,30-/m0/s1. The molecule has 2 atom stereocenters. The lowest BCUT2D eigenvalue weighted by atomic mass is 10.00. The molecule has 1 fully saturated rings. The largest absolute Gasteiger partial charge is 0.493 e. The fraction of sp³-hybridized carbons (Fsp3) is 0.353. The first-order valence-corrected chi connectivity index (χ1v) is 15.1. The highest BCUT2D eigenvalue weighted by molar-refractivity contribution is 6.01. The van der Waals surface area contributed by atoms with Crippen LogP contribution >= 0.6 is 0 Å². The van der Waals surface area contributed by atoms with Crippen LogP contribution in [0.25, 0.3) is 5.52 Å². The molecule has 3 aliphatic heterocycles. The van der Waals surface area contributed by atoms with Crippen LogP contribution in [0.1, 0.15) is 39.9 Å². The molecule has 1 N–H and O–H groups in total. The first-order chi connectivity index (χ1) is 21.8. The van der Waals surface area contributed by atoms with Crippen molar-refractivity contribution in [1.82, 2.24) is 24.7 Å². The van der Waals surface area contributed by atoms with Crippen molar-refractivity contribution in [2.75, 3.05) is 33.8 Å². The number of benzene rings is 2. The average Bonchev–Trinajstić information content (AvgIpc) is 3.48. The minimum Gasteiger partial charge on any atom is -0.493 e. The Morgan fingerprint density at radius 1 is 1.07 bits per heavy atom. The summed E-state index contributed by atoms with van der Waals surface area (Å²) in [6, 6.07) is 16.7. The molecule has 234 valence electrons. The number of hydrogen-bond donors (Lipinski definition) is 1. The Bertz CT molecular complexity index is 1740. The molecule has 0 saturated carbocycles. The predicted octanol–water partition coefficient (Wildman–Crippen LogP) is 3.76. The minimum atomic E-state index is -0.491. The monoisotopic (exact) mass is 611 g/mol. The first-order valence-electron chi connectivity index (χ1n) is 15.1. The molecule has 2 aromatic heterocycles. The number of carbonyl (C=O) groups is 3. The van der Waals surface area contributed by atoms with E-state index in [4.69, 9.17) is 14.2 Å². The number of rotatable bonds is 2. The zero-order valence-electron chi connectivity index (χ0n) is 25.7. The summed E-state index contributed by atoms with van der Waals surface area (Å²) in [7, 11) is 3.21. The fourth-order valence-electron chi connectivity index (χ4n) is 5.96. The molecule has 4 aromatic rings. The quantitative estimate of drug-likeness (QED) is 0.367. The molecule has 0 radical (unpaired) electrons. The number of methoxy groups -OCH3 is 1. The lowest BCUT2D eigenvalue weighted by molar-refractivity contribution is -0.135. The summed E-state index contributed by atoms with van der Waals surface area (Å²) in [4.78, 5) is 43.0. The van der Waals surface area contributed by atoms with Gasteiger partial charge in [-0.15, -0.1) is 0 Å². The molecule has 0 unspecified atom stereocenters. The third-order valence-corrected chi connectivity index (χ3v) is 8.42. The molecule has 1 saturated heterocycles. The maximum atomic E-state index is 13.8. The highest BCUT2D eigenvalue weighted by atomic mass is 16.5. The molecule has 5 heterocycles. The van der Waals surface area contributed by atoms with E-state index >= 15 is 0 Å². The first kappa shape index (κ1) is 30.1. The molecule has 4 bridgehead atoms. The van der Waals surface area contributed by atoms with Crippen molar-refractivity contribution < 1.29 is 28.6 Å². The van der Waals surface area contributed by atoms with E-state index in [9.17, 15) is 14.4 Å². The van der Waals surface area contributed by atoms with E-state index in [1.54, 1.807) is 29.8 Å². The number of nitrogens with zero attached hydrogens (tertiary/aromatic N) is 4. The van der Waals surface area contributed by atoms with Crippen molar-refractivity contribution >= 4 is 23.2 Å². The summed E-state index contributed by atoms with van der Waals surface area (Å²) in [5, 5.41) is 7.46. The lowest BCUT2D eigenvalue weighted by Gasteiger charge is -2.39. The highest BCUT2D eigenvalue weighted by Gasteiger charge is 2.35. The number of likely N-dealkylation sites (N-methyl/N-ethyl adjacent to an activating group) is 1. The summed E-state index contributed by atoms with van der Waals surface area (Å²) in [5.74, 6) is 1.18. The SMILES string of the molecule is COc1cc2ccc1Oc1cccc(c1)CO[C@H]1CN(C(=O)c3cnn4cccc(C)c34)CC[C@@H]1NC(=O)CN(C)C(=O)CC2. The van der Waals surface area contributed by atoms with Gasteiger partial charge in [-0.1, -0.05) is 24.3 Å². The van der Waals surface area contributed by atoms with E-state index < -0.39 is 6.10 Å². The number of aromatic nitrogens is 2. The zero-order valence-corrected chi connectivity index (χ0v) is 25.7. The van der Waals surface area contributed by atoms with Gasteiger partial charge in [0.1, 0.15) is 5.75 Å². The van der Waals surface area contributed by atoms with E-state index in [-0.39, 0.29) is 49.9 Å². The van der Waals surface area contributed by atoms with Gasteiger partial charge in [-0.05, 0) is 66.8 Å². The van der Waals surface area contributed by atoms with Gasteiger partial charge in [0, 0.05) is 32.8 Å². The minimum absolute atomic E-state index is 0.0789. The summed E-state index contributed by atoms with van der Waals surface area (Å²) >= 11 is 0. The van der Waals surface area contributed by atoms with Crippen molar-refractivity contribution in [2.45, 2.75) is 44.9 Å². The molecule has 0 aliphatic carbocycles. The van der Waals surface area contributed by atoms with Gasteiger partial charge in [0.15, 0.2) is 11.5 Å². The second-order valence-corrected chi connectivity index (χ2v) is 11.6. The number of hydrogen-bond acceptors (Lipinski definition) is 7. The van der Waals surface area contributed by atoms with Crippen molar-refractivity contribution in [3.63, 3.8) is 0 Å². The Morgan fingerprint density at radius 2 is 1.93 bits per heavy atom. The van der Waals surface area contributed by atoms with Crippen LogP contribution in [0.2, 0.25) is 0 Å². The number of piperidine rings is 1. The van der Waals surface area contributed by atoms with Crippen molar-refractivity contribution in [3.8, 4) is 17.2 Å². The van der Waals surface area contributed by atoms with Gasteiger partial charge < -0.3 is 29.3 Å². The molecule has 7 rings (SSSR count). The van der Waals surface area contributed by atoms with Gasteiger partial charge in [0.2, 0.25) is 11.8 Å². The summed E-state index contributed by atoms with van der Waals surface area (Å²) in [6.07, 6.45) is 4.16. The summed E-state index contributed by atoms with van der Waals surface area (Å²) in [6.45, 7) is 2.83. The number of fused-ring (bicyclic) bond motifs is 10. The summed E-state index contributed by atoms with van der Waals surface area (Å²) in [5.41, 5.74) is 4.06. The Kier molecular flexibility index (Phi) is 8.70. The molecule has 11 heteroatoms. The number of likely N-dealkylation sites (tertiary alicyclic amines) is 1. The van der Waals surface area contributed by atoms with Gasteiger partial charge in [-0.25, -0.2) is 4.52 Å². The van der Waals surface area contributed by atoms with Gasteiger partial charge in [0.05, 0.1) is 49.7 Å². The normalized spacial score (nSPS) is 19.6. The summed E-state index contributed by atoms with van der Waals surface area (Å²) < 4.78 is 19.9. The topological polar surface area (TPSA) is 115 Å². The third kappa shape index (κ3) is 6.63. The Balaban J connectivity index is 1.26. The van der Waals surface area contributed by atoms with Crippen molar-refractivity contribution in [2.24, 2.45) is 0 Å². The van der Waals surface area contributed by atoms with Gasteiger partial charge in [0.25, 0.3) is 5.91 Å². The van der Waals surface area contributed by atoms with E-state index in [1.165, 1.54) is 4.90 Å². The van der Waals surface area contributed by atoms with Crippen LogP contribution in [0.3, 0.4) is 0 Å². The number of ether oxygens (including phenoxy) is 3. The molecule has 2 aromatic carbocycles.